The van der Waals surface area contributed by atoms with E-state index in [-0.39, 0.29) is 6.10 Å². The first kappa shape index (κ1) is 13.1. The van der Waals surface area contributed by atoms with Crippen LogP contribution in [0, 0.1) is 0 Å². The molecule has 2 atom stereocenters. The third-order valence-electron chi connectivity index (χ3n) is 3.56. The number of nitrogens with zero attached hydrogens (tertiary/aromatic N) is 2. The molecule has 0 amide bonds. The number of fused-ring (bicyclic) bond motifs is 1. The molecule has 1 aliphatic heterocycles. The van der Waals surface area contributed by atoms with Crippen LogP contribution in [-0.2, 0) is 4.74 Å². The van der Waals surface area contributed by atoms with Gasteiger partial charge in [-0.25, -0.2) is 10.8 Å². The van der Waals surface area contributed by atoms with Crippen molar-refractivity contribution in [2.75, 3.05) is 17.3 Å². The van der Waals surface area contributed by atoms with E-state index in [2.05, 4.69) is 27.6 Å². The maximum Gasteiger partial charge on any atom is 0.239 e. The van der Waals surface area contributed by atoms with Gasteiger partial charge in [0.05, 0.1) is 11.6 Å². The van der Waals surface area contributed by atoms with E-state index in [4.69, 9.17) is 10.6 Å². The summed E-state index contributed by atoms with van der Waals surface area (Å²) in [7, 11) is 0. The Hall–Kier alpha value is -1.92. The van der Waals surface area contributed by atoms with E-state index in [0.717, 1.165) is 36.2 Å². The largest absolute Gasteiger partial charge is 0.378 e. The maximum atomic E-state index is 5.57. The minimum atomic E-state index is 0.279. The Bertz CT molecular complexity index is 603. The van der Waals surface area contributed by atoms with Crippen LogP contribution in [0.15, 0.2) is 24.3 Å². The number of ether oxygens (including phenoxy) is 1. The van der Waals surface area contributed by atoms with Gasteiger partial charge in [0, 0.05) is 18.0 Å². The van der Waals surface area contributed by atoms with E-state index in [0.29, 0.717) is 12.0 Å². The fourth-order valence-corrected chi connectivity index (χ4v) is 2.57. The topological polar surface area (TPSA) is 85.1 Å². The van der Waals surface area contributed by atoms with Gasteiger partial charge in [0.15, 0.2) is 0 Å². The van der Waals surface area contributed by atoms with Crippen molar-refractivity contribution in [3.8, 4) is 0 Å². The Balaban J connectivity index is 1.93. The molecule has 1 aromatic carbocycles. The first-order valence-corrected chi connectivity index (χ1v) is 6.88. The Morgan fingerprint density at radius 2 is 2.15 bits per heavy atom. The van der Waals surface area contributed by atoms with Gasteiger partial charge < -0.3 is 10.1 Å². The van der Waals surface area contributed by atoms with Gasteiger partial charge in [-0.2, -0.15) is 4.98 Å². The number of hydrogen-bond donors (Lipinski definition) is 3. The van der Waals surface area contributed by atoms with Gasteiger partial charge in [-0.1, -0.05) is 12.1 Å². The minimum absolute atomic E-state index is 0.279. The first-order chi connectivity index (χ1) is 9.76. The molecular weight excluding hydrogens is 254 g/mol. The summed E-state index contributed by atoms with van der Waals surface area (Å²) in [5, 5.41) is 4.51. The molecule has 6 nitrogen and oxygen atoms in total. The van der Waals surface area contributed by atoms with Crippen molar-refractivity contribution in [2.45, 2.75) is 31.9 Å². The van der Waals surface area contributed by atoms with Crippen molar-refractivity contribution in [3.05, 3.63) is 24.3 Å². The number of anilines is 2. The van der Waals surface area contributed by atoms with Crippen LogP contribution >= 0.6 is 0 Å². The Kier molecular flexibility index (Phi) is 3.66. The molecule has 2 aromatic rings. The highest BCUT2D eigenvalue weighted by molar-refractivity contribution is 5.90. The predicted molar refractivity (Wildman–Crippen MR) is 79.4 cm³/mol. The van der Waals surface area contributed by atoms with Crippen LogP contribution in [0.5, 0.6) is 0 Å². The number of para-hydroxylation sites is 1. The fraction of sp³-hybridized carbons (Fsp3) is 0.429. The average molecular weight is 273 g/mol. The summed E-state index contributed by atoms with van der Waals surface area (Å²) in [5.74, 6) is 6.69. The molecule has 4 N–H and O–H groups in total. The second kappa shape index (κ2) is 5.60. The zero-order chi connectivity index (χ0) is 13.9. The van der Waals surface area contributed by atoms with Crippen molar-refractivity contribution >= 4 is 22.7 Å². The quantitative estimate of drug-likeness (QED) is 0.585. The fourth-order valence-electron chi connectivity index (χ4n) is 2.57. The number of nitrogens with one attached hydrogen (secondary N) is 2. The van der Waals surface area contributed by atoms with Crippen LogP contribution in [0.4, 0.5) is 11.8 Å². The molecule has 0 bridgehead atoms. The van der Waals surface area contributed by atoms with Crippen LogP contribution in [0.3, 0.4) is 0 Å². The first-order valence-electron chi connectivity index (χ1n) is 6.88. The summed E-state index contributed by atoms with van der Waals surface area (Å²) in [6.07, 6.45) is 2.24. The molecule has 20 heavy (non-hydrogen) atoms. The third kappa shape index (κ3) is 2.66. The van der Waals surface area contributed by atoms with Crippen LogP contribution < -0.4 is 16.6 Å². The lowest BCUT2D eigenvalue weighted by Crippen LogP contribution is -2.33. The normalized spacial score (nSPS) is 22.7. The van der Waals surface area contributed by atoms with E-state index >= 15 is 0 Å². The minimum Gasteiger partial charge on any atom is -0.378 e. The molecule has 0 spiro atoms. The number of nitrogen functional groups attached to an aromatic ring is 1. The van der Waals surface area contributed by atoms with Gasteiger partial charge in [0.1, 0.15) is 5.82 Å². The molecule has 2 unspecified atom stereocenters. The highest BCUT2D eigenvalue weighted by Crippen LogP contribution is 2.24. The third-order valence-corrected chi connectivity index (χ3v) is 3.56. The monoisotopic (exact) mass is 273 g/mol. The van der Waals surface area contributed by atoms with E-state index in [1.165, 1.54) is 0 Å². The maximum absolute atomic E-state index is 5.57. The predicted octanol–water partition coefficient (Wildman–Crippen LogP) is 1.89. The molecule has 0 saturated carbocycles. The van der Waals surface area contributed by atoms with Gasteiger partial charge in [-0.15, -0.1) is 0 Å². The van der Waals surface area contributed by atoms with Crippen LogP contribution in [0.25, 0.3) is 10.9 Å². The molecule has 0 radical (unpaired) electrons. The molecule has 0 aliphatic carbocycles. The van der Waals surface area contributed by atoms with Crippen molar-refractivity contribution in [1.29, 1.82) is 0 Å². The molecule has 1 saturated heterocycles. The Morgan fingerprint density at radius 1 is 1.30 bits per heavy atom. The highest BCUT2D eigenvalue weighted by Gasteiger charge is 2.20. The zero-order valence-electron chi connectivity index (χ0n) is 11.5. The van der Waals surface area contributed by atoms with Gasteiger partial charge in [0.2, 0.25) is 5.95 Å². The number of hydrogen-bond acceptors (Lipinski definition) is 6. The summed E-state index contributed by atoms with van der Waals surface area (Å²) < 4.78 is 5.57. The van der Waals surface area contributed by atoms with Crippen LogP contribution in [0.2, 0.25) is 0 Å². The van der Waals surface area contributed by atoms with Crippen molar-refractivity contribution in [2.24, 2.45) is 5.84 Å². The number of benzene rings is 1. The second-order valence-electron chi connectivity index (χ2n) is 5.10. The lowest BCUT2D eigenvalue weighted by atomic mass is 10.0. The lowest BCUT2D eigenvalue weighted by molar-refractivity contribution is 0.0232. The van der Waals surface area contributed by atoms with E-state index < -0.39 is 0 Å². The summed E-state index contributed by atoms with van der Waals surface area (Å²) in [6, 6.07) is 8.27. The lowest BCUT2D eigenvalue weighted by Gasteiger charge is -2.28. The molecular formula is C14H19N5O. The number of aromatic nitrogens is 2. The number of rotatable bonds is 3. The van der Waals surface area contributed by atoms with Gasteiger partial charge in [-0.3, -0.25) is 5.43 Å². The summed E-state index contributed by atoms with van der Waals surface area (Å²) in [5.41, 5.74) is 3.39. The highest BCUT2D eigenvalue weighted by atomic mass is 16.5. The molecule has 6 heteroatoms. The Labute approximate surface area is 117 Å². The molecule has 106 valence electrons. The SMILES string of the molecule is CC1CC(Nc2nc(NN)nc3ccccc23)CCO1. The van der Waals surface area contributed by atoms with Crippen LogP contribution in [-0.4, -0.2) is 28.7 Å². The number of nitrogens with two attached hydrogens (primary N) is 1. The second-order valence-corrected chi connectivity index (χ2v) is 5.10. The molecule has 2 heterocycles. The van der Waals surface area contributed by atoms with E-state index in [9.17, 15) is 0 Å². The number of hydrazine groups is 1. The summed E-state index contributed by atoms with van der Waals surface area (Å²) in [4.78, 5) is 8.79. The molecule has 1 aromatic heterocycles. The molecule has 1 aliphatic rings. The van der Waals surface area contributed by atoms with Gasteiger partial charge >= 0.3 is 0 Å². The van der Waals surface area contributed by atoms with Crippen molar-refractivity contribution < 1.29 is 4.74 Å². The zero-order valence-corrected chi connectivity index (χ0v) is 11.5. The van der Waals surface area contributed by atoms with Crippen LogP contribution in [0.1, 0.15) is 19.8 Å². The van der Waals surface area contributed by atoms with Crippen molar-refractivity contribution in [3.63, 3.8) is 0 Å². The average Bonchev–Trinajstić information content (AvgIpc) is 2.47. The van der Waals surface area contributed by atoms with E-state index in [1.807, 2.05) is 24.3 Å². The van der Waals surface area contributed by atoms with Gasteiger partial charge in [0.25, 0.3) is 0 Å². The summed E-state index contributed by atoms with van der Waals surface area (Å²) in [6.45, 7) is 2.88. The smallest absolute Gasteiger partial charge is 0.239 e. The van der Waals surface area contributed by atoms with E-state index in [1.54, 1.807) is 0 Å². The molecule has 3 rings (SSSR count). The van der Waals surface area contributed by atoms with Gasteiger partial charge in [-0.05, 0) is 31.9 Å². The Morgan fingerprint density at radius 3 is 2.95 bits per heavy atom. The standard InChI is InChI=1S/C14H19N5O/c1-9-8-10(6-7-20-9)16-13-11-4-2-3-5-12(11)17-14(18-13)19-15/h2-5,9-10H,6-8,15H2,1H3,(H2,16,17,18,19). The summed E-state index contributed by atoms with van der Waals surface area (Å²) >= 11 is 0. The van der Waals surface area contributed by atoms with Crippen molar-refractivity contribution in [1.82, 2.24) is 9.97 Å². The molecule has 1 fully saturated rings.